The number of carboxylic acid groups (broad SMARTS) is 1. The molecule has 7 heteroatoms. The van der Waals surface area contributed by atoms with E-state index in [0.29, 0.717) is 31.8 Å². The Morgan fingerprint density at radius 2 is 1.78 bits per heavy atom. The first-order valence-corrected chi connectivity index (χ1v) is 7.64. The van der Waals surface area contributed by atoms with Crippen LogP contribution in [0.3, 0.4) is 0 Å². The van der Waals surface area contributed by atoms with Crippen molar-refractivity contribution in [2.24, 2.45) is 5.92 Å². The van der Waals surface area contributed by atoms with Gasteiger partial charge in [-0.3, -0.25) is 4.79 Å². The van der Waals surface area contributed by atoms with Crippen molar-refractivity contribution in [2.75, 3.05) is 6.54 Å². The summed E-state index contributed by atoms with van der Waals surface area (Å²) >= 11 is 0. The molecule has 128 valence electrons. The number of carboxylic acids is 1. The molecule has 0 heterocycles. The highest BCUT2D eigenvalue weighted by Gasteiger charge is 2.31. The van der Waals surface area contributed by atoms with E-state index in [2.05, 4.69) is 10.1 Å². The normalized spacial score (nSPS) is 21.9. The molecule has 0 spiro atoms. The Kier molecular flexibility index (Phi) is 5.87. The van der Waals surface area contributed by atoms with Crippen LogP contribution in [-0.4, -0.2) is 30.0 Å². The first-order valence-electron chi connectivity index (χ1n) is 7.64. The molecule has 1 aromatic carbocycles. The fraction of sp³-hybridized carbons (Fsp3) is 0.562. The van der Waals surface area contributed by atoms with Crippen LogP contribution < -0.4 is 10.1 Å². The number of aliphatic carboxylic acids is 1. The Labute approximate surface area is 132 Å². The second kappa shape index (κ2) is 7.68. The summed E-state index contributed by atoms with van der Waals surface area (Å²) in [4.78, 5) is 10.9. The Balaban J connectivity index is 1.69. The van der Waals surface area contributed by atoms with E-state index >= 15 is 0 Å². The summed E-state index contributed by atoms with van der Waals surface area (Å²) in [7, 11) is 0. The lowest BCUT2D eigenvalue weighted by molar-refractivity contribution is -0.274. The summed E-state index contributed by atoms with van der Waals surface area (Å²) < 4.78 is 40.0. The second-order valence-electron chi connectivity index (χ2n) is 5.78. The maximum Gasteiger partial charge on any atom is 0.573 e. The monoisotopic (exact) mass is 331 g/mol. The van der Waals surface area contributed by atoms with Gasteiger partial charge in [0, 0.05) is 6.04 Å². The Morgan fingerprint density at radius 3 is 2.30 bits per heavy atom. The van der Waals surface area contributed by atoms with E-state index in [-0.39, 0.29) is 11.7 Å². The highest BCUT2D eigenvalue weighted by Crippen LogP contribution is 2.25. The minimum atomic E-state index is -4.67. The molecule has 1 aromatic rings. The van der Waals surface area contributed by atoms with Crippen LogP contribution in [0.4, 0.5) is 13.2 Å². The van der Waals surface area contributed by atoms with Crippen LogP contribution in [0.1, 0.15) is 31.2 Å². The van der Waals surface area contributed by atoms with Crippen LogP contribution in [0.15, 0.2) is 24.3 Å². The fourth-order valence-corrected chi connectivity index (χ4v) is 2.82. The predicted molar refractivity (Wildman–Crippen MR) is 78.2 cm³/mol. The number of rotatable bonds is 6. The molecule has 1 saturated carbocycles. The fourth-order valence-electron chi connectivity index (χ4n) is 2.82. The first kappa shape index (κ1) is 17.6. The Bertz CT molecular complexity index is 508. The molecule has 1 fully saturated rings. The van der Waals surface area contributed by atoms with E-state index in [1.165, 1.54) is 12.1 Å². The number of carbonyl (C=O) groups is 1. The Hall–Kier alpha value is -1.76. The molecule has 2 N–H and O–H groups in total. The summed E-state index contributed by atoms with van der Waals surface area (Å²) in [5.41, 5.74) is 0.922. The van der Waals surface area contributed by atoms with Crippen LogP contribution >= 0.6 is 0 Å². The second-order valence-corrected chi connectivity index (χ2v) is 5.78. The third kappa shape index (κ3) is 6.09. The third-order valence-electron chi connectivity index (χ3n) is 4.08. The number of benzene rings is 1. The number of ether oxygens (including phenoxy) is 1. The van der Waals surface area contributed by atoms with Gasteiger partial charge in [0.1, 0.15) is 5.75 Å². The molecule has 0 saturated heterocycles. The average Bonchev–Trinajstić information content (AvgIpc) is 2.48. The van der Waals surface area contributed by atoms with Crippen molar-refractivity contribution in [2.45, 2.75) is 44.5 Å². The summed E-state index contributed by atoms with van der Waals surface area (Å²) in [6.07, 6.45) is -0.902. The van der Waals surface area contributed by atoms with Gasteiger partial charge in [0.2, 0.25) is 0 Å². The topological polar surface area (TPSA) is 58.6 Å². The van der Waals surface area contributed by atoms with Gasteiger partial charge >= 0.3 is 12.3 Å². The summed E-state index contributed by atoms with van der Waals surface area (Å²) in [5.74, 6) is -1.17. The van der Waals surface area contributed by atoms with Crippen molar-refractivity contribution in [3.63, 3.8) is 0 Å². The molecule has 0 atom stereocenters. The molecule has 0 aliphatic heterocycles. The number of hydrogen-bond acceptors (Lipinski definition) is 3. The van der Waals surface area contributed by atoms with Crippen molar-refractivity contribution in [1.82, 2.24) is 5.32 Å². The zero-order valence-corrected chi connectivity index (χ0v) is 12.6. The largest absolute Gasteiger partial charge is 0.573 e. The van der Waals surface area contributed by atoms with E-state index in [0.717, 1.165) is 18.4 Å². The maximum absolute atomic E-state index is 12.1. The molecule has 4 nitrogen and oxygen atoms in total. The van der Waals surface area contributed by atoms with Gasteiger partial charge in [-0.05, 0) is 56.3 Å². The minimum absolute atomic E-state index is 0.221. The lowest BCUT2D eigenvalue weighted by Gasteiger charge is -2.27. The summed E-state index contributed by atoms with van der Waals surface area (Å²) in [6.45, 7) is 0.710. The quantitative estimate of drug-likeness (QED) is 0.839. The van der Waals surface area contributed by atoms with Crippen molar-refractivity contribution >= 4 is 5.97 Å². The summed E-state index contributed by atoms with van der Waals surface area (Å²) in [5, 5.41) is 12.3. The van der Waals surface area contributed by atoms with Gasteiger partial charge in [-0.15, -0.1) is 13.2 Å². The third-order valence-corrected chi connectivity index (χ3v) is 4.08. The Morgan fingerprint density at radius 1 is 1.17 bits per heavy atom. The molecule has 0 amide bonds. The highest BCUT2D eigenvalue weighted by molar-refractivity contribution is 5.70. The predicted octanol–water partition coefficient (Wildman–Crippen LogP) is 3.36. The zero-order valence-electron chi connectivity index (χ0n) is 12.6. The van der Waals surface area contributed by atoms with E-state index in [1.807, 2.05) is 0 Å². The van der Waals surface area contributed by atoms with E-state index < -0.39 is 12.3 Å². The van der Waals surface area contributed by atoms with Gasteiger partial charge in [-0.2, -0.15) is 0 Å². The molecule has 1 aliphatic rings. The SMILES string of the molecule is O=C(O)C1CCC(NCCc2ccc(OC(F)(F)F)cc2)CC1. The van der Waals surface area contributed by atoms with E-state index in [1.54, 1.807) is 12.1 Å². The minimum Gasteiger partial charge on any atom is -0.481 e. The average molecular weight is 331 g/mol. The van der Waals surface area contributed by atoms with Crippen molar-refractivity contribution in [1.29, 1.82) is 0 Å². The van der Waals surface area contributed by atoms with Crippen molar-refractivity contribution in [3.8, 4) is 5.75 Å². The standard InChI is InChI=1S/C16H20F3NO3/c17-16(18,19)23-14-7-1-11(2-8-14)9-10-20-13-5-3-12(4-6-13)15(21)22/h1-2,7-8,12-13,20H,3-6,9-10H2,(H,21,22). The lowest BCUT2D eigenvalue weighted by atomic mass is 9.86. The van der Waals surface area contributed by atoms with Crippen LogP contribution in [-0.2, 0) is 11.2 Å². The first-order chi connectivity index (χ1) is 10.8. The van der Waals surface area contributed by atoms with Gasteiger partial charge in [-0.1, -0.05) is 12.1 Å². The molecule has 0 aromatic heterocycles. The highest BCUT2D eigenvalue weighted by atomic mass is 19.4. The molecule has 2 rings (SSSR count). The van der Waals surface area contributed by atoms with Crippen LogP contribution in [0, 0.1) is 5.92 Å². The van der Waals surface area contributed by atoms with Gasteiger partial charge in [0.25, 0.3) is 0 Å². The molecule has 1 aliphatic carbocycles. The summed E-state index contributed by atoms with van der Waals surface area (Å²) in [6, 6.07) is 6.16. The number of alkyl halides is 3. The van der Waals surface area contributed by atoms with Crippen LogP contribution in [0.2, 0.25) is 0 Å². The zero-order chi connectivity index (χ0) is 16.9. The molecule has 23 heavy (non-hydrogen) atoms. The van der Waals surface area contributed by atoms with Gasteiger partial charge in [-0.25, -0.2) is 0 Å². The van der Waals surface area contributed by atoms with E-state index in [4.69, 9.17) is 5.11 Å². The molecular formula is C16H20F3NO3. The maximum atomic E-state index is 12.1. The number of halogens is 3. The van der Waals surface area contributed by atoms with Crippen LogP contribution in [0.25, 0.3) is 0 Å². The van der Waals surface area contributed by atoms with Gasteiger partial charge in [0.15, 0.2) is 0 Å². The lowest BCUT2D eigenvalue weighted by Crippen LogP contribution is -2.36. The van der Waals surface area contributed by atoms with Crippen molar-refractivity contribution in [3.05, 3.63) is 29.8 Å². The van der Waals surface area contributed by atoms with Crippen molar-refractivity contribution < 1.29 is 27.8 Å². The molecule has 0 radical (unpaired) electrons. The van der Waals surface area contributed by atoms with Gasteiger partial charge < -0.3 is 15.2 Å². The smallest absolute Gasteiger partial charge is 0.481 e. The molecule has 0 unspecified atom stereocenters. The number of nitrogens with one attached hydrogen (secondary N) is 1. The van der Waals surface area contributed by atoms with Crippen LogP contribution in [0.5, 0.6) is 5.75 Å². The van der Waals surface area contributed by atoms with E-state index in [9.17, 15) is 18.0 Å². The number of hydrogen-bond donors (Lipinski definition) is 2. The van der Waals surface area contributed by atoms with Gasteiger partial charge in [0.05, 0.1) is 5.92 Å². The molecular weight excluding hydrogens is 311 g/mol. The molecule has 0 bridgehead atoms.